The third kappa shape index (κ3) is 2.57. The van der Waals surface area contributed by atoms with Crippen LogP contribution in [0.1, 0.15) is 6.92 Å². The molecule has 5 aromatic rings. The fourth-order valence-electron chi connectivity index (χ4n) is 3.27. The minimum Gasteiger partial charge on any atom is -0.247 e. The van der Waals surface area contributed by atoms with Gasteiger partial charge < -0.3 is 0 Å². The first kappa shape index (κ1) is 16.0. The van der Waals surface area contributed by atoms with Crippen LogP contribution in [0.25, 0.3) is 27.3 Å². The Kier molecular flexibility index (Phi) is 3.65. The maximum atomic E-state index is 5.99. The van der Waals surface area contributed by atoms with Gasteiger partial charge in [0.05, 0.1) is 29.0 Å². The van der Waals surface area contributed by atoms with E-state index in [0.29, 0.717) is 10.6 Å². The molecule has 7 heteroatoms. The van der Waals surface area contributed by atoms with Crippen molar-refractivity contribution in [3.8, 4) is 0 Å². The van der Waals surface area contributed by atoms with E-state index < -0.39 is 0 Å². The average Bonchev–Trinajstić information content (AvgIpc) is 3.12. The largest absolute Gasteiger partial charge is 0.253 e. The van der Waals surface area contributed by atoms with E-state index >= 15 is 0 Å². The summed E-state index contributed by atoms with van der Waals surface area (Å²) in [5.41, 5.74) is 3.01. The van der Waals surface area contributed by atoms with Gasteiger partial charge >= 0.3 is 0 Å². The molecule has 0 bridgehead atoms. The van der Waals surface area contributed by atoms with Crippen molar-refractivity contribution in [1.82, 2.24) is 24.4 Å². The number of aromatic nitrogens is 5. The second-order valence-corrected chi connectivity index (χ2v) is 6.63. The van der Waals surface area contributed by atoms with Gasteiger partial charge in [-0.2, -0.15) is 19.7 Å². The molecule has 3 heterocycles. The van der Waals surface area contributed by atoms with Crippen LogP contribution in [0.3, 0.4) is 0 Å². The third-order valence-corrected chi connectivity index (χ3v) is 4.81. The number of hydrogen-bond acceptors (Lipinski definition) is 4. The van der Waals surface area contributed by atoms with E-state index in [-0.39, 0.29) is 0 Å². The van der Waals surface area contributed by atoms with Crippen LogP contribution >= 0.6 is 11.6 Å². The Labute approximate surface area is 159 Å². The van der Waals surface area contributed by atoms with Crippen LogP contribution in [0.15, 0.2) is 65.9 Å². The highest BCUT2D eigenvalue weighted by Gasteiger charge is 2.13. The molecule has 132 valence electrons. The van der Waals surface area contributed by atoms with Gasteiger partial charge in [0.25, 0.3) is 5.62 Å². The summed E-state index contributed by atoms with van der Waals surface area (Å²) in [6.45, 7) is 2.77. The molecule has 0 aliphatic rings. The molecule has 6 nitrogen and oxygen atoms in total. The molecule has 0 spiro atoms. The monoisotopic (exact) mass is 374 g/mol. The number of benzene rings is 2. The van der Waals surface area contributed by atoms with Crippen LogP contribution in [0, 0.1) is 0 Å². The number of halogens is 1. The van der Waals surface area contributed by atoms with Gasteiger partial charge in [0.2, 0.25) is 0 Å². The Morgan fingerprint density at radius 3 is 2.59 bits per heavy atom. The van der Waals surface area contributed by atoms with Crippen LogP contribution in [0.5, 0.6) is 0 Å². The molecule has 0 fully saturated rings. The summed E-state index contributed by atoms with van der Waals surface area (Å²) in [7, 11) is 0. The maximum Gasteiger partial charge on any atom is 0.253 e. The van der Waals surface area contributed by atoms with Crippen LogP contribution in [-0.4, -0.2) is 24.4 Å². The number of hydrogen-bond donors (Lipinski definition) is 0. The Morgan fingerprint density at radius 1 is 0.963 bits per heavy atom. The molecule has 5 rings (SSSR count). The SMILES string of the molecule is CCn1ncc2c1nc(=Nc1ccc(Cl)cc1)n1ncc3ccccc3c21. The number of rotatable bonds is 2. The lowest BCUT2D eigenvalue weighted by Gasteiger charge is -2.07. The summed E-state index contributed by atoms with van der Waals surface area (Å²) in [4.78, 5) is 9.47. The first-order chi connectivity index (χ1) is 13.2. The Morgan fingerprint density at radius 2 is 1.78 bits per heavy atom. The molecule has 0 aliphatic heterocycles. The summed E-state index contributed by atoms with van der Waals surface area (Å²) in [6.07, 6.45) is 3.68. The van der Waals surface area contributed by atoms with Crippen molar-refractivity contribution >= 4 is 44.6 Å². The number of fused-ring (bicyclic) bond motifs is 5. The minimum absolute atomic E-state index is 0.501. The van der Waals surface area contributed by atoms with Crippen LogP contribution < -0.4 is 5.62 Å². The molecule has 3 aromatic heterocycles. The molecule has 2 aromatic carbocycles. The van der Waals surface area contributed by atoms with Crippen LogP contribution in [-0.2, 0) is 6.54 Å². The van der Waals surface area contributed by atoms with Crippen molar-refractivity contribution in [3.05, 3.63) is 71.6 Å². The molecule has 0 radical (unpaired) electrons. The van der Waals surface area contributed by atoms with Gasteiger partial charge in [0.15, 0.2) is 5.65 Å². The first-order valence-corrected chi connectivity index (χ1v) is 9.05. The van der Waals surface area contributed by atoms with Gasteiger partial charge in [-0.25, -0.2) is 9.67 Å². The lowest BCUT2D eigenvalue weighted by molar-refractivity contribution is 0.672. The zero-order valence-corrected chi connectivity index (χ0v) is 15.3. The predicted molar refractivity (Wildman–Crippen MR) is 106 cm³/mol. The molecule has 0 unspecified atom stereocenters. The van der Waals surface area contributed by atoms with Crippen molar-refractivity contribution in [2.75, 3.05) is 0 Å². The molecule has 0 N–H and O–H groups in total. The summed E-state index contributed by atoms with van der Waals surface area (Å²) >= 11 is 5.99. The van der Waals surface area contributed by atoms with E-state index in [4.69, 9.17) is 21.6 Å². The molecule has 27 heavy (non-hydrogen) atoms. The zero-order chi connectivity index (χ0) is 18.4. The van der Waals surface area contributed by atoms with E-state index in [0.717, 1.165) is 39.6 Å². The smallest absolute Gasteiger partial charge is 0.247 e. The van der Waals surface area contributed by atoms with Crippen molar-refractivity contribution < 1.29 is 0 Å². The Hall–Kier alpha value is -3.25. The predicted octanol–water partition coefficient (Wildman–Crippen LogP) is 4.14. The van der Waals surface area contributed by atoms with Gasteiger partial charge in [0.1, 0.15) is 0 Å². The summed E-state index contributed by atoms with van der Waals surface area (Å²) in [6, 6.07) is 15.5. The highest BCUT2D eigenvalue weighted by Crippen LogP contribution is 2.24. The Bertz CT molecular complexity index is 1360. The number of aryl methyl sites for hydroxylation is 1. The van der Waals surface area contributed by atoms with Gasteiger partial charge in [0, 0.05) is 22.3 Å². The first-order valence-electron chi connectivity index (χ1n) is 8.67. The minimum atomic E-state index is 0.501. The lowest BCUT2D eigenvalue weighted by atomic mass is 10.1. The Balaban J connectivity index is 1.97. The second-order valence-electron chi connectivity index (χ2n) is 6.19. The normalized spacial score (nSPS) is 12.4. The molecule has 0 amide bonds. The lowest BCUT2D eigenvalue weighted by Crippen LogP contribution is -2.22. The molecule has 0 saturated heterocycles. The third-order valence-electron chi connectivity index (χ3n) is 4.56. The quantitative estimate of drug-likeness (QED) is 0.436. The zero-order valence-electron chi connectivity index (χ0n) is 14.5. The average molecular weight is 375 g/mol. The van der Waals surface area contributed by atoms with E-state index in [1.807, 2.05) is 60.4 Å². The van der Waals surface area contributed by atoms with Gasteiger partial charge in [-0.15, -0.1) is 0 Å². The standard InChI is InChI=1S/C20H15ClN6/c1-2-26-19-17(12-22-26)18-16-6-4-3-5-13(16)11-23-27(18)20(25-19)24-15-9-7-14(21)8-10-15/h3-12H,2H2,1H3. The van der Waals surface area contributed by atoms with Gasteiger partial charge in [-0.05, 0) is 31.2 Å². The topological polar surface area (TPSA) is 60.4 Å². The molecule has 0 saturated carbocycles. The van der Waals surface area contributed by atoms with Crippen molar-refractivity contribution in [1.29, 1.82) is 0 Å². The van der Waals surface area contributed by atoms with E-state index in [1.54, 1.807) is 4.52 Å². The van der Waals surface area contributed by atoms with E-state index in [2.05, 4.69) is 22.3 Å². The molecular formula is C20H15ClN6. The van der Waals surface area contributed by atoms with E-state index in [1.165, 1.54) is 0 Å². The van der Waals surface area contributed by atoms with Crippen molar-refractivity contribution in [3.63, 3.8) is 0 Å². The van der Waals surface area contributed by atoms with Crippen molar-refractivity contribution in [2.45, 2.75) is 13.5 Å². The number of nitrogens with zero attached hydrogens (tertiary/aromatic N) is 6. The second kappa shape index (κ2) is 6.17. The van der Waals surface area contributed by atoms with Crippen LogP contribution in [0.4, 0.5) is 5.69 Å². The van der Waals surface area contributed by atoms with Gasteiger partial charge in [-0.3, -0.25) is 0 Å². The summed E-state index contributed by atoms with van der Waals surface area (Å²) in [5, 5.41) is 12.9. The van der Waals surface area contributed by atoms with Gasteiger partial charge in [-0.1, -0.05) is 35.9 Å². The summed E-state index contributed by atoms with van der Waals surface area (Å²) < 4.78 is 3.65. The highest BCUT2D eigenvalue weighted by molar-refractivity contribution is 6.30. The molecular weight excluding hydrogens is 360 g/mol. The fraction of sp³-hybridized carbons (Fsp3) is 0.100. The summed E-state index contributed by atoms with van der Waals surface area (Å²) in [5.74, 6) is 0. The highest BCUT2D eigenvalue weighted by atomic mass is 35.5. The van der Waals surface area contributed by atoms with Crippen molar-refractivity contribution in [2.24, 2.45) is 4.99 Å². The fourth-order valence-corrected chi connectivity index (χ4v) is 3.39. The van der Waals surface area contributed by atoms with E-state index in [9.17, 15) is 0 Å². The van der Waals surface area contributed by atoms with Crippen LogP contribution in [0.2, 0.25) is 5.02 Å². The molecule has 0 aliphatic carbocycles. The molecule has 0 atom stereocenters. The maximum absolute atomic E-state index is 5.99.